The average molecular weight is 143 g/mol. The van der Waals surface area contributed by atoms with Crippen molar-refractivity contribution in [2.45, 2.75) is 26.3 Å². The molecule has 0 saturated carbocycles. The first-order chi connectivity index (χ1) is 4.77. The quantitative estimate of drug-likeness (QED) is 0.537. The van der Waals surface area contributed by atoms with E-state index in [-0.39, 0.29) is 0 Å². The molecule has 0 aliphatic heterocycles. The van der Waals surface area contributed by atoms with Crippen molar-refractivity contribution >= 4 is 0 Å². The third-order valence-corrected chi connectivity index (χ3v) is 1.21. The molecule has 0 aliphatic rings. The minimum Gasteiger partial charge on any atom is -0.315 e. The zero-order valence-corrected chi connectivity index (χ0v) is 7.11. The Hall–Kier alpha value is -0.0800. The Labute approximate surface area is 64.4 Å². The predicted octanol–water partition coefficient (Wildman–Crippen LogP) is 0.798. The molecule has 0 heterocycles. The predicted molar refractivity (Wildman–Crippen MR) is 46.0 cm³/mol. The van der Waals surface area contributed by atoms with Gasteiger partial charge in [0.15, 0.2) is 0 Å². The molecule has 2 heteroatoms. The molecule has 0 saturated heterocycles. The first-order valence-electron chi connectivity index (χ1n) is 4.00. The molecule has 0 fully saturated rings. The van der Waals surface area contributed by atoms with Crippen molar-refractivity contribution in [3.05, 3.63) is 6.92 Å². The third-order valence-electron chi connectivity index (χ3n) is 1.21. The first kappa shape index (κ1) is 9.92. The van der Waals surface area contributed by atoms with Gasteiger partial charge in [0.2, 0.25) is 0 Å². The van der Waals surface area contributed by atoms with Crippen LogP contribution in [0.25, 0.3) is 0 Å². The second kappa shape index (κ2) is 7.03. The Morgan fingerprint density at radius 1 is 1.20 bits per heavy atom. The molecule has 0 aromatic carbocycles. The van der Waals surface area contributed by atoms with Crippen molar-refractivity contribution in [3.63, 3.8) is 0 Å². The summed E-state index contributed by atoms with van der Waals surface area (Å²) in [7, 11) is 0. The van der Waals surface area contributed by atoms with Gasteiger partial charge in [0, 0.05) is 19.1 Å². The van der Waals surface area contributed by atoms with E-state index >= 15 is 0 Å². The van der Waals surface area contributed by atoms with Crippen molar-refractivity contribution in [2.24, 2.45) is 0 Å². The van der Waals surface area contributed by atoms with Crippen molar-refractivity contribution in [1.82, 2.24) is 10.6 Å². The van der Waals surface area contributed by atoms with E-state index in [1.54, 1.807) is 0 Å². The van der Waals surface area contributed by atoms with Crippen LogP contribution in [-0.2, 0) is 0 Å². The molecule has 2 nitrogen and oxygen atoms in total. The van der Waals surface area contributed by atoms with Gasteiger partial charge in [0.1, 0.15) is 0 Å². The lowest BCUT2D eigenvalue weighted by Crippen LogP contribution is -2.31. The Bertz CT molecular complexity index is 62.3. The molecule has 0 atom stereocenters. The molecular formula is C8H19N2. The van der Waals surface area contributed by atoms with E-state index in [1.807, 2.05) is 0 Å². The molecule has 0 unspecified atom stereocenters. The molecule has 0 aromatic rings. The summed E-state index contributed by atoms with van der Waals surface area (Å²) in [6.45, 7) is 11.2. The van der Waals surface area contributed by atoms with Crippen LogP contribution in [0.5, 0.6) is 0 Å². The summed E-state index contributed by atoms with van der Waals surface area (Å²) >= 11 is 0. The molecule has 0 rings (SSSR count). The van der Waals surface area contributed by atoms with Gasteiger partial charge in [-0.25, -0.2) is 0 Å². The van der Waals surface area contributed by atoms with Gasteiger partial charge < -0.3 is 10.6 Å². The lowest BCUT2D eigenvalue weighted by atomic mass is 10.4. The molecule has 1 radical (unpaired) electrons. The minimum atomic E-state index is 0.599. The fourth-order valence-corrected chi connectivity index (χ4v) is 0.699. The topological polar surface area (TPSA) is 24.1 Å². The van der Waals surface area contributed by atoms with Crippen LogP contribution >= 0.6 is 0 Å². The molecular weight excluding hydrogens is 124 g/mol. The lowest BCUT2D eigenvalue weighted by Gasteiger charge is -2.07. The van der Waals surface area contributed by atoms with Gasteiger partial charge >= 0.3 is 0 Å². The van der Waals surface area contributed by atoms with Crippen LogP contribution in [0.15, 0.2) is 0 Å². The smallest absolute Gasteiger partial charge is 0.00790 e. The fourth-order valence-electron chi connectivity index (χ4n) is 0.699. The van der Waals surface area contributed by atoms with E-state index in [1.165, 1.54) is 0 Å². The lowest BCUT2D eigenvalue weighted by molar-refractivity contribution is 0.558. The van der Waals surface area contributed by atoms with Gasteiger partial charge in [-0.15, -0.1) is 0 Å². The monoisotopic (exact) mass is 143 g/mol. The van der Waals surface area contributed by atoms with Gasteiger partial charge in [0.05, 0.1) is 0 Å². The molecule has 0 bridgehead atoms. The van der Waals surface area contributed by atoms with Crippen molar-refractivity contribution < 1.29 is 0 Å². The maximum absolute atomic E-state index is 3.74. The zero-order chi connectivity index (χ0) is 7.82. The summed E-state index contributed by atoms with van der Waals surface area (Å²) in [6, 6.07) is 0.599. The van der Waals surface area contributed by atoms with Crippen LogP contribution in [0.2, 0.25) is 0 Å². The highest BCUT2D eigenvalue weighted by molar-refractivity contribution is 4.55. The van der Waals surface area contributed by atoms with Crippen LogP contribution in [-0.4, -0.2) is 25.7 Å². The van der Waals surface area contributed by atoms with E-state index in [4.69, 9.17) is 0 Å². The largest absolute Gasteiger partial charge is 0.315 e. The highest BCUT2D eigenvalue weighted by Crippen LogP contribution is 1.73. The Morgan fingerprint density at radius 2 is 1.90 bits per heavy atom. The van der Waals surface area contributed by atoms with Crippen molar-refractivity contribution in [2.75, 3.05) is 19.6 Å². The van der Waals surface area contributed by atoms with Crippen LogP contribution in [0.4, 0.5) is 0 Å². The summed E-state index contributed by atoms with van der Waals surface area (Å²) in [4.78, 5) is 0. The van der Waals surface area contributed by atoms with Crippen LogP contribution in [0.3, 0.4) is 0 Å². The first-order valence-corrected chi connectivity index (χ1v) is 4.00. The second-order valence-electron chi connectivity index (χ2n) is 2.71. The van der Waals surface area contributed by atoms with Gasteiger partial charge in [0.25, 0.3) is 0 Å². The molecule has 2 N–H and O–H groups in total. The van der Waals surface area contributed by atoms with Crippen molar-refractivity contribution in [1.29, 1.82) is 0 Å². The van der Waals surface area contributed by atoms with Crippen molar-refractivity contribution in [3.8, 4) is 0 Å². The van der Waals surface area contributed by atoms with E-state index < -0.39 is 0 Å². The van der Waals surface area contributed by atoms with Gasteiger partial charge in [-0.2, -0.15) is 0 Å². The number of nitrogens with one attached hydrogen (secondary N) is 2. The van der Waals surface area contributed by atoms with Crippen LogP contribution in [0, 0.1) is 6.92 Å². The molecule has 0 aromatic heterocycles. The second-order valence-corrected chi connectivity index (χ2v) is 2.71. The Kier molecular flexibility index (Phi) is 6.98. The molecule has 0 amide bonds. The summed E-state index contributed by atoms with van der Waals surface area (Å²) in [6.07, 6.45) is 0.974. The summed E-state index contributed by atoms with van der Waals surface area (Å²) in [5, 5.41) is 6.59. The fraction of sp³-hybridized carbons (Fsp3) is 0.875. The highest BCUT2D eigenvalue weighted by Gasteiger charge is 1.89. The van der Waals surface area contributed by atoms with E-state index in [2.05, 4.69) is 31.4 Å². The molecule has 61 valence electrons. The van der Waals surface area contributed by atoms with Crippen LogP contribution < -0.4 is 10.6 Å². The maximum atomic E-state index is 3.74. The number of hydrogen-bond donors (Lipinski definition) is 2. The Balaban J connectivity index is 2.77. The van der Waals surface area contributed by atoms with Gasteiger partial charge in [-0.1, -0.05) is 20.8 Å². The molecule has 0 spiro atoms. The summed E-state index contributed by atoms with van der Waals surface area (Å²) in [5.41, 5.74) is 0. The van der Waals surface area contributed by atoms with Gasteiger partial charge in [-0.3, -0.25) is 0 Å². The highest BCUT2D eigenvalue weighted by atomic mass is 14.9. The zero-order valence-electron chi connectivity index (χ0n) is 7.11. The summed E-state index contributed by atoms with van der Waals surface area (Å²) < 4.78 is 0. The third kappa shape index (κ3) is 7.92. The summed E-state index contributed by atoms with van der Waals surface area (Å²) in [5.74, 6) is 0. The average Bonchev–Trinajstić information content (AvgIpc) is 1.87. The van der Waals surface area contributed by atoms with Gasteiger partial charge in [-0.05, 0) is 13.0 Å². The molecule has 10 heavy (non-hydrogen) atoms. The van der Waals surface area contributed by atoms with E-state index in [9.17, 15) is 0 Å². The Morgan fingerprint density at radius 3 is 2.40 bits per heavy atom. The number of rotatable bonds is 6. The van der Waals surface area contributed by atoms with Crippen LogP contribution in [0.1, 0.15) is 20.3 Å². The van der Waals surface area contributed by atoms with E-state index in [0.29, 0.717) is 6.04 Å². The maximum Gasteiger partial charge on any atom is 0.00790 e. The standard InChI is InChI=1S/C8H19N2/c1-4-5-9-6-7-10-8(2)3/h8-10H,1,4-7H2,2-3H3. The number of hydrogen-bond acceptors (Lipinski definition) is 2. The SMILES string of the molecule is [CH2]CCNCCNC(C)C. The normalized spacial score (nSPS) is 10.8. The van der Waals surface area contributed by atoms with E-state index in [0.717, 1.165) is 26.1 Å². The minimum absolute atomic E-state index is 0.599. The molecule has 0 aliphatic carbocycles.